The summed E-state index contributed by atoms with van der Waals surface area (Å²) in [5.41, 5.74) is 0.685. The molecule has 0 bridgehead atoms. The summed E-state index contributed by atoms with van der Waals surface area (Å²) in [5, 5.41) is 11.2. The van der Waals surface area contributed by atoms with Crippen LogP contribution in [-0.4, -0.2) is 28.0 Å². The number of aliphatic carboxylic acids is 1. The van der Waals surface area contributed by atoms with Crippen LogP contribution in [0.25, 0.3) is 0 Å². The molecule has 0 saturated carbocycles. The predicted molar refractivity (Wildman–Crippen MR) is 81.5 cm³/mol. The molecule has 0 aliphatic rings. The standard InChI is InChI=1S/C13H16BrNO3S/c1-8(2)12(13(17)18)19-7-11(16)15-10-6-4-3-5-9(10)14/h3-6,8,12H,7H2,1-2H3,(H,15,16)(H,17,18). The number of benzene rings is 1. The summed E-state index contributed by atoms with van der Waals surface area (Å²) in [6, 6.07) is 7.29. The number of nitrogens with one attached hydrogen (secondary N) is 1. The van der Waals surface area contributed by atoms with E-state index < -0.39 is 11.2 Å². The molecule has 0 heterocycles. The molecule has 1 aromatic carbocycles. The maximum atomic E-state index is 11.8. The summed E-state index contributed by atoms with van der Waals surface area (Å²) in [5.74, 6) is -0.979. The number of rotatable bonds is 6. The van der Waals surface area contributed by atoms with Crippen molar-refractivity contribution >= 4 is 45.3 Å². The van der Waals surface area contributed by atoms with E-state index in [1.165, 1.54) is 0 Å². The van der Waals surface area contributed by atoms with Crippen LogP contribution in [-0.2, 0) is 9.59 Å². The Morgan fingerprint density at radius 3 is 2.53 bits per heavy atom. The van der Waals surface area contributed by atoms with E-state index in [2.05, 4.69) is 21.2 Å². The van der Waals surface area contributed by atoms with Gasteiger partial charge in [0.1, 0.15) is 5.25 Å². The first-order valence-corrected chi connectivity index (χ1v) is 7.64. The highest BCUT2D eigenvalue weighted by Crippen LogP contribution is 2.23. The summed E-state index contributed by atoms with van der Waals surface area (Å²) < 4.78 is 0.798. The topological polar surface area (TPSA) is 66.4 Å². The number of thioether (sulfide) groups is 1. The number of para-hydroxylation sites is 1. The Bertz CT molecular complexity index is 465. The van der Waals surface area contributed by atoms with Gasteiger partial charge < -0.3 is 10.4 Å². The summed E-state index contributed by atoms with van der Waals surface area (Å²) in [6.07, 6.45) is 0. The van der Waals surface area contributed by atoms with Crippen LogP contribution in [0.1, 0.15) is 13.8 Å². The maximum absolute atomic E-state index is 11.8. The maximum Gasteiger partial charge on any atom is 0.316 e. The van der Waals surface area contributed by atoms with Gasteiger partial charge in [-0.05, 0) is 34.0 Å². The highest BCUT2D eigenvalue weighted by Gasteiger charge is 2.22. The minimum absolute atomic E-state index is 0.0150. The first kappa shape index (κ1) is 16.0. The fourth-order valence-electron chi connectivity index (χ4n) is 1.46. The molecular weight excluding hydrogens is 330 g/mol. The van der Waals surface area contributed by atoms with Crippen molar-refractivity contribution in [3.8, 4) is 0 Å². The van der Waals surface area contributed by atoms with Crippen molar-refractivity contribution in [1.82, 2.24) is 0 Å². The van der Waals surface area contributed by atoms with Gasteiger partial charge in [-0.15, -0.1) is 11.8 Å². The summed E-state index contributed by atoms with van der Waals surface area (Å²) in [7, 11) is 0. The number of hydrogen-bond acceptors (Lipinski definition) is 3. The summed E-state index contributed by atoms with van der Waals surface area (Å²) >= 11 is 4.48. The van der Waals surface area contributed by atoms with E-state index in [9.17, 15) is 9.59 Å². The van der Waals surface area contributed by atoms with Crippen molar-refractivity contribution in [2.24, 2.45) is 5.92 Å². The fraction of sp³-hybridized carbons (Fsp3) is 0.385. The molecule has 1 atom stereocenters. The van der Waals surface area contributed by atoms with Crippen LogP contribution in [0, 0.1) is 5.92 Å². The van der Waals surface area contributed by atoms with E-state index in [4.69, 9.17) is 5.11 Å². The average molecular weight is 346 g/mol. The molecule has 104 valence electrons. The number of carboxylic acids is 1. The minimum Gasteiger partial charge on any atom is -0.480 e. The number of anilines is 1. The van der Waals surface area contributed by atoms with Gasteiger partial charge in [0.15, 0.2) is 0 Å². The molecule has 0 aromatic heterocycles. The van der Waals surface area contributed by atoms with E-state index in [1.54, 1.807) is 6.07 Å². The number of halogens is 1. The van der Waals surface area contributed by atoms with Gasteiger partial charge in [-0.2, -0.15) is 0 Å². The molecule has 2 N–H and O–H groups in total. The molecule has 0 radical (unpaired) electrons. The van der Waals surface area contributed by atoms with Gasteiger partial charge in [-0.1, -0.05) is 26.0 Å². The Balaban J connectivity index is 2.52. The largest absolute Gasteiger partial charge is 0.480 e. The molecule has 0 spiro atoms. The van der Waals surface area contributed by atoms with Crippen molar-refractivity contribution in [2.75, 3.05) is 11.1 Å². The number of hydrogen-bond donors (Lipinski definition) is 2. The molecule has 6 heteroatoms. The third kappa shape index (κ3) is 5.24. The van der Waals surface area contributed by atoms with Crippen molar-refractivity contribution in [1.29, 1.82) is 0 Å². The number of carboxylic acid groups (broad SMARTS) is 1. The Hall–Kier alpha value is -1.01. The molecule has 0 aliphatic carbocycles. The van der Waals surface area contributed by atoms with E-state index >= 15 is 0 Å². The molecular formula is C13H16BrNO3S. The van der Waals surface area contributed by atoms with Crippen molar-refractivity contribution in [2.45, 2.75) is 19.1 Å². The molecule has 0 saturated heterocycles. The number of carbonyl (C=O) groups excluding carboxylic acids is 1. The second kappa shape index (κ2) is 7.55. The number of amides is 1. The molecule has 1 aromatic rings. The molecule has 1 amide bonds. The predicted octanol–water partition coefficient (Wildman–Crippen LogP) is 3.23. The molecule has 0 fully saturated rings. The van der Waals surface area contributed by atoms with Gasteiger partial charge in [0, 0.05) is 4.47 Å². The Labute approximate surface area is 125 Å². The highest BCUT2D eigenvalue weighted by atomic mass is 79.9. The zero-order valence-corrected chi connectivity index (χ0v) is 13.1. The van der Waals surface area contributed by atoms with Gasteiger partial charge in [0.25, 0.3) is 0 Å². The van der Waals surface area contributed by atoms with Crippen LogP contribution < -0.4 is 5.32 Å². The lowest BCUT2D eigenvalue weighted by Crippen LogP contribution is -2.25. The highest BCUT2D eigenvalue weighted by molar-refractivity contribution is 9.10. The lowest BCUT2D eigenvalue weighted by Gasteiger charge is -2.15. The SMILES string of the molecule is CC(C)C(SCC(=O)Nc1ccccc1Br)C(=O)O. The second-order valence-corrected chi connectivity index (χ2v) is 6.33. The van der Waals surface area contributed by atoms with E-state index in [1.807, 2.05) is 32.0 Å². The van der Waals surface area contributed by atoms with Crippen LogP contribution in [0.2, 0.25) is 0 Å². The zero-order valence-electron chi connectivity index (χ0n) is 10.7. The van der Waals surface area contributed by atoms with Crippen LogP contribution in [0.15, 0.2) is 28.7 Å². The monoisotopic (exact) mass is 345 g/mol. The Morgan fingerprint density at radius 1 is 1.37 bits per heavy atom. The van der Waals surface area contributed by atoms with Gasteiger partial charge in [0.05, 0.1) is 11.4 Å². The zero-order chi connectivity index (χ0) is 14.4. The second-order valence-electron chi connectivity index (χ2n) is 4.34. The van der Waals surface area contributed by atoms with E-state index in [0.29, 0.717) is 5.69 Å². The Kier molecular flexibility index (Phi) is 6.37. The molecule has 1 rings (SSSR count). The van der Waals surface area contributed by atoms with Crippen molar-refractivity contribution in [3.05, 3.63) is 28.7 Å². The Morgan fingerprint density at radius 2 is 2.00 bits per heavy atom. The van der Waals surface area contributed by atoms with Gasteiger partial charge >= 0.3 is 5.97 Å². The molecule has 4 nitrogen and oxygen atoms in total. The molecule has 19 heavy (non-hydrogen) atoms. The van der Waals surface area contributed by atoms with Gasteiger partial charge in [-0.3, -0.25) is 9.59 Å². The lowest BCUT2D eigenvalue weighted by atomic mass is 10.1. The van der Waals surface area contributed by atoms with Crippen LogP contribution in [0.3, 0.4) is 0 Å². The first-order chi connectivity index (χ1) is 8.91. The van der Waals surface area contributed by atoms with Gasteiger partial charge in [0.2, 0.25) is 5.91 Å². The third-order valence-corrected chi connectivity index (χ3v) is 4.62. The first-order valence-electron chi connectivity index (χ1n) is 5.80. The quantitative estimate of drug-likeness (QED) is 0.830. The summed E-state index contributed by atoms with van der Waals surface area (Å²) in [4.78, 5) is 22.8. The van der Waals surface area contributed by atoms with Crippen molar-refractivity contribution < 1.29 is 14.7 Å². The van der Waals surface area contributed by atoms with Crippen molar-refractivity contribution in [3.63, 3.8) is 0 Å². The van der Waals surface area contributed by atoms with E-state index in [-0.39, 0.29) is 17.6 Å². The molecule has 0 aliphatic heterocycles. The van der Waals surface area contributed by atoms with Crippen LogP contribution in [0.4, 0.5) is 5.69 Å². The average Bonchev–Trinajstić information content (AvgIpc) is 2.31. The van der Waals surface area contributed by atoms with Crippen LogP contribution in [0.5, 0.6) is 0 Å². The van der Waals surface area contributed by atoms with Gasteiger partial charge in [-0.25, -0.2) is 0 Å². The molecule has 1 unspecified atom stereocenters. The van der Waals surface area contributed by atoms with Crippen LogP contribution >= 0.6 is 27.7 Å². The smallest absolute Gasteiger partial charge is 0.316 e. The minimum atomic E-state index is -0.881. The third-order valence-electron chi connectivity index (χ3n) is 2.39. The number of carbonyl (C=O) groups is 2. The van der Waals surface area contributed by atoms with E-state index in [0.717, 1.165) is 16.2 Å². The fourth-order valence-corrected chi connectivity index (χ4v) is 2.78. The summed E-state index contributed by atoms with van der Waals surface area (Å²) in [6.45, 7) is 3.66. The normalized spacial score (nSPS) is 12.2. The lowest BCUT2D eigenvalue weighted by molar-refractivity contribution is -0.137.